The lowest BCUT2D eigenvalue weighted by Crippen LogP contribution is -2.37. The first-order chi connectivity index (χ1) is 9.31. The second-order valence-corrected chi connectivity index (χ2v) is 6.21. The van der Waals surface area contributed by atoms with E-state index in [2.05, 4.69) is 26.5 Å². The molecule has 0 saturated carbocycles. The molecule has 0 amide bonds. The average Bonchev–Trinajstić information content (AvgIpc) is 2.48. The summed E-state index contributed by atoms with van der Waals surface area (Å²) in [5.74, 6) is 0. The van der Waals surface area contributed by atoms with Crippen LogP contribution in [0.4, 0.5) is 11.4 Å². The summed E-state index contributed by atoms with van der Waals surface area (Å²) >= 11 is 2.22. The normalized spacial score (nSPS) is 21.3. The van der Waals surface area contributed by atoms with E-state index in [1.165, 1.54) is 8.93 Å². The summed E-state index contributed by atoms with van der Waals surface area (Å²) in [6, 6.07) is 18.1. The number of hydrogen-bond acceptors (Lipinski definition) is 3. The van der Waals surface area contributed by atoms with Crippen molar-refractivity contribution in [2.24, 2.45) is 0 Å². The van der Waals surface area contributed by atoms with Crippen LogP contribution >= 0.6 is 30.1 Å². The van der Waals surface area contributed by atoms with Gasteiger partial charge in [-0.15, -0.1) is 5.69 Å². The van der Waals surface area contributed by atoms with Crippen LogP contribution in [0, 0.1) is 0 Å². The highest BCUT2D eigenvalue weighted by Gasteiger charge is 2.25. The van der Waals surface area contributed by atoms with Gasteiger partial charge in [-0.3, -0.25) is 0 Å². The van der Waals surface area contributed by atoms with E-state index < -0.39 is 5.18 Å². The Hall–Kier alpha value is -0.920. The molecule has 3 nitrogen and oxygen atoms in total. The van der Waals surface area contributed by atoms with Gasteiger partial charge in [-0.1, -0.05) is 51.4 Å². The Balaban J connectivity index is 1.86. The summed E-state index contributed by atoms with van der Waals surface area (Å²) in [6.07, 6.45) is 0. The van der Waals surface area contributed by atoms with E-state index in [-0.39, 0.29) is 0 Å². The highest BCUT2D eigenvalue weighted by atomic mass is 127. The Bertz CT molecular complexity index is 566. The average molecular weight is 383 g/mol. The number of fused-ring (bicyclic) bond motifs is 1. The third-order valence-electron chi connectivity index (χ3n) is 2.86. The van der Waals surface area contributed by atoms with E-state index in [0.29, 0.717) is 6.61 Å². The molecule has 98 valence electrons. The number of para-hydroxylation sites is 2. The molecule has 0 aliphatic carbocycles. The zero-order valence-electron chi connectivity index (χ0n) is 10.0. The molecular weight excluding hydrogens is 371 g/mol. The van der Waals surface area contributed by atoms with Gasteiger partial charge in [-0.05, 0) is 38.9 Å². The van der Waals surface area contributed by atoms with Crippen LogP contribution in [0.25, 0.3) is 5.32 Å². The minimum Gasteiger partial charge on any atom is -0.630 e. The van der Waals surface area contributed by atoms with Crippen molar-refractivity contribution in [1.82, 2.24) is 0 Å². The largest absolute Gasteiger partial charge is 0.630 e. The third kappa shape index (κ3) is 2.82. The number of nitrogens with zero attached hydrogens (tertiary/aromatic N) is 1. The molecule has 3 rings (SSSR count). The number of hydrogen-bond donors (Lipinski definition) is 1. The topological polar surface area (TPSA) is 35.4 Å². The van der Waals surface area contributed by atoms with Crippen molar-refractivity contribution in [2.75, 3.05) is 5.32 Å². The molecular formula is C14H12IN2OS-. The molecule has 0 radical (unpaired) electrons. The fraction of sp³-hybridized carbons (Fsp3) is 0.143. The van der Waals surface area contributed by atoms with Crippen molar-refractivity contribution in [3.8, 4) is 0 Å². The zero-order chi connectivity index (χ0) is 13.1. The van der Waals surface area contributed by atoms with E-state index in [1.54, 1.807) is 0 Å². The highest BCUT2D eigenvalue weighted by Crippen LogP contribution is 2.47. The Morgan fingerprint density at radius 3 is 2.63 bits per heavy atom. The lowest BCUT2D eigenvalue weighted by atomic mass is 10.2. The van der Waals surface area contributed by atoms with E-state index in [4.69, 9.17) is 10.1 Å². The second-order valence-electron chi connectivity index (χ2n) is 4.18. The van der Waals surface area contributed by atoms with Crippen LogP contribution < -0.4 is 5.32 Å². The van der Waals surface area contributed by atoms with Crippen molar-refractivity contribution in [3.05, 3.63) is 65.5 Å². The van der Waals surface area contributed by atoms with Crippen molar-refractivity contribution < 1.29 is 4.74 Å². The molecule has 0 aromatic heterocycles. The van der Waals surface area contributed by atoms with Crippen LogP contribution in [0.3, 0.4) is 0 Å². The third-order valence-corrected chi connectivity index (χ3v) is 5.17. The van der Waals surface area contributed by atoms with Gasteiger partial charge in [0.15, 0.2) is 0 Å². The Morgan fingerprint density at radius 1 is 1.11 bits per heavy atom. The first-order valence-electron chi connectivity index (χ1n) is 5.89. The van der Waals surface area contributed by atoms with Gasteiger partial charge in [0.1, 0.15) is 5.18 Å². The van der Waals surface area contributed by atoms with Crippen LogP contribution in [0.15, 0.2) is 54.6 Å². The van der Waals surface area contributed by atoms with Crippen LogP contribution in [0.5, 0.6) is 0 Å². The van der Waals surface area contributed by atoms with Gasteiger partial charge in [0.05, 0.1) is 6.61 Å². The molecule has 2 aromatic rings. The number of benzene rings is 2. The Morgan fingerprint density at radius 2 is 1.84 bits per heavy atom. The predicted molar refractivity (Wildman–Crippen MR) is 88.7 cm³/mol. The Labute approximate surface area is 128 Å². The summed E-state index contributed by atoms with van der Waals surface area (Å²) in [7, 11) is 1.52. The van der Waals surface area contributed by atoms with Crippen molar-refractivity contribution in [2.45, 2.75) is 11.8 Å². The molecule has 2 aromatic carbocycles. The van der Waals surface area contributed by atoms with Crippen LogP contribution in [-0.4, -0.2) is 5.18 Å². The summed E-state index contributed by atoms with van der Waals surface area (Å²) in [5, 5.41) is 7.31. The van der Waals surface area contributed by atoms with E-state index in [0.717, 1.165) is 16.9 Å². The molecule has 1 aliphatic rings. The Kier molecular flexibility index (Phi) is 3.86. The van der Waals surface area contributed by atoms with Crippen LogP contribution in [-0.2, 0) is 11.3 Å². The molecule has 0 spiro atoms. The molecule has 0 fully saturated rings. The molecule has 1 N–H and O–H groups in total. The van der Waals surface area contributed by atoms with Crippen LogP contribution in [0.2, 0.25) is 0 Å². The SMILES string of the molecule is ISC1(Nc2ccccc2)[N-]c2ccccc2CO1. The summed E-state index contributed by atoms with van der Waals surface area (Å²) in [6.45, 7) is 0.565. The maximum Gasteiger partial charge on any atom is 0.130 e. The van der Waals surface area contributed by atoms with Crippen LogP contribution in [0.1, 0.15) is 5.56 Å². The lowest BCUT2D eigenvalue weighted by molar-refractivity contribution is 0.0547. The van der Waals surface area contributed by atoms with Gasteiger partial charge in [-0.2, -0.15) is 0 Å². The molecule has 19 heavy (non-hydrogen) atoms. The number of nitrogens with one attached hydrogen (secondary N) is 1. The molecule has 5 heteroatoms. The summed E-state index contributed by atoms with van der Waals surface area (Å²) in [5.41, 5.74) is 3.11. The van der Waals surface area contributed by atoms with E-state index >= 15 is 0 Å². The van der Waals surface area contributed by atoms with Gasteiger partial charge in [0.25, 0.3) is 0 Å². The van der Waals surface area contributed by atoms with Gasteiger partial charge in [0, 0.05) is 5.69 Å². The fourth-order valence-corrected chi connectivity index (χ4v) is 3.33. The number of anilines is 1. The van der Waals surface area contributed by atoms with Gasteiger partial charge in [0.2, 0.25) is 0 Å². The van der Waals surface area contributed by atoms with Crippen molar-refractivity contribution in [1.29, 1.82) is 0 Å². The summed E-state index contributed by atoms with van der Waals surface area (Å²) in [4.78, 5) is 0. The molecule has 1 heterocycles. The zero-order valence-corrected chi connectivity index (χ0v) is 13.0. The molecule has 1 aliphatic heterocycles. The summed E-state index contributed by atoms with van der Waals surface area (Å²) < 4.78 is 5.92. The van der Waals surface area contributed by atoms with E-state index in [1.807, 2.05) is 54.6 Å². The van der Waals surface area contributed by atoms with Gasteiger partial charge in [-0.25, -0.2) is 0 Å². The molecule has 1 atom stereocenters. The quantitative estimate of drug-likeness (QED) is 0.597. The number of ether oxygens (including phenoxy) is 1. The van der Waals surface area contributed by atoms with E-state index in [9.17, 15) is 0 Å². The fourth-order valence-electron chi connectivity index (χ4n) is 1.94. The highest BCUT2D eigenvalue weighted by molar-refractivity contribution is 14.2. The lowest BCUT2D eigenvalue weighted by Gasteiger charge is -2.50. The monoisotopic (exact) mass is 383 g/mol. The smallest absolute Gasteiger partial charge is 0.130 e. The predicted octanol–water partition coefficient (Wildman–Crippen LogP) is 5.03. The maximum atomic E-state index is 5.92. The van der Waals surface area contributed by atoms with Crippen molar-refractivity contribution >= 4 is 41.5 Å². The molecule has 0 saturated heterocycles. The first-order valence-corrected chi connectivity index (χ1v) is 9.25. The van der Waals surface area contributed by atoms with Crippen molar-refractivity contribution in [3.63, 3.8) is 0 Å². The number of rotatable bonds is 3. The maximum absolute atomic E-state index is 5.92. The standard InChI is InChI=1S/C14H12IN2OS/c15-19-14(16-12-7-2-1-3-8-12)17-13-9-5-4-6-11(13)10-18-14/h1-9,16H,10H2/q-1. The van der Waals surface area contributed by atoms with Gasteiger partial charge >= 0.3 is 0 Å². The molecule has 1 unspecified atom stereocenters. The minimum absolute atomic E-state index is 0.565. The minimum atomic E-state index is -0.754. The first kappa shape index (κ1) is 13.1. The number of halogens is 1. The molecule has 0 bridgehead atoms. The van der Waals surface area contributed by atoms with Gasteiger partial charge < -0.3 is 15.4 Å². The second kappa shape index (κ2) is 5.60.